The summed E-state index contributed by atoms with van der Waals surface area (Å²) in [7, 11) is 0. The Labute approximate surface area is 130 Å². The maximum atomic E-state index is 6.29. The second-order valence-electron chi connectivity index (χ2n) is 7.61. The third-order valence-electron chi connectivity index (χ3n) is 4.73. The molecule has 0 aromatic heterocycles. The van der Waals surface area contributed by atoms with Crippen molar-refractivity contribution in [2.24, 2.45) is 11.7 Å². The van der Waals surface area contributed by atoms with Crippen molar-refractivity contribution in [1.29, 1.82) is 0 Å². The van der Waals surface area contributed by atoms with Gasteiger partial charge in [0.1, 0.15) is 0 Å². The van der Waals surface area contributed by atoms with Crippen LogP contribution < -0.4 is 5.73 Å². The van der Waals surface area contributed by atoms with E-state index in [0.29, 0.717) is 18.6 Å². The van der Waals surface area contributed by atoms with Crippen molar-refractivity contribution in [3.8, 4) is 0 Å². The van der Waals surface area contributed by atoms with Gasteiger partial charge in [0.15, 0.2) is 0 Å². The van der Waals surface area contributed by atoms with Crippen LogP contribution >= 0.6 is 0 Å². The van der Waals surface area contributed by atoms with E-state index in [-0.39, 0.29) is 11.5 Å². The smallest absolute Gasteiger partial charge is 0.0663 e. The van der Waals surface area contributed by atoms with Gasteiger partial charge in [-0.3, -0.25) is 0 Å². The molecule has 2 nitrogen and oxygen atoms in total. The molecule has 0 amide bonds. The van der Waals surface area contributed by atoms with Crippen LogP contribution in [0.25, 0.3) is 0 Å². The van der Waals surface area contributed by atoms with Crippen LogP contribution in [-0.4, -0.2) is 12.7 Å². The molecular weight excluding hydrogens is 258 g/mol. The highest BCUT2D eigenvalue weighted by Gasteiger charge is 2.22. The average molecular weight is 289 g/mol. The monoisotopic (exact) mass is 289 g/mol. The molecule has 0 heterocycles. The lowest BCUT2D eigenvalue weighted by atomic mass is 9.86. The van der Waals surface area contributed by atoms with Crippen LogP contribution in [0, 0.1) is 5.92 Å². The fraction of sp³-hybridized carbons (Fsp3) is 0.684. The highest BCUT2D eigenvalue weighted by Crippen LogP contribution is 2.28. The number of ether oxygens (including phenoxy) is 1. The molecule has 1 aromatic carbocycles. The van der Waals surface area contributed by atoms with Crippen molar-refractivity contribution < 1.29 is 4.74 Å². The van der Waals surface area contributed by atoms with Gasteiger partial charge in [-0.15, -0.1) is 0 Å². The normalized spacial score (nSPS) is 24.8. The van der Waals surface area contributed by atoms with E-state index < -0.39 is 0 Å². The summed E-state index contributed by atoms with van der Waals surface area (Å²) < 4.78 is 6.08. The van der Waals surface area contributed by atoms with E-state index in [1.165, 1.54) is 36.8 Å². The van der Waals surface area contributed by atoms with E-state index in [1.54, 1.807) is 0 Å². The van der Waals surface area contributed by atoms with Gasteiger partial charge in [-0.1, -0.05) is 64.8 Å². The van der Waals surface area contributed by atoms with Gasteiger partial charge < -0.3 is 10.5 Å². The van der Waals surface area contributed by atoms with Crippen LogP contribution in [0.3, 0.4) is 0 Å². The second kappa shape index (κ2) is 6.93. The van der Waals surface area contributed by atoms with Crippen molar-refractivity contribution in [1.82, 2.24) is 0 Å². The van der Waals surface area contributed by atoms with E-state index in [2.05, 4.69) is 52.0 Å². The van der Waals surface area contributed by atoms with Gasteiger partial charge in [0.25, 0.3) is 0 Å². The van der Waals surface area contributed by atoms with Gasteiger partial charge in [0, 0.05) is 0 Å². The zero-order valence-corrected chi connectivity index (χ0v) is 14.1. The molecule has 0 saturated heterocycles. The van der Waals surface area contributed by atoms with E-state index >= 15 is 0 Å². The molecule has 2 heteroatoms. The van der Waals surface area contributed by atoms with Gasteiger partial charge in [-0.2, -0.15) is 0 Å². The van der Waals surface area contributed by atoms with E-state index in [4.69, 9.17) is 10.5 Å². The Kier molecular flexibility index (Phi) is 5.45. The molecule has 1 aromatic rings. The summed E-state index contributed by atoms with van der Waals surface area (Å²) in [5.74, 6) is 0.675. The number of nitrogens with two attached hydrogens (primary N) is 1. The zero-order valence-electron chi connectivity index (χ0n) is 14.1. The van der Waals surface area contributed by atoms with Crippen LogP contribution in [0.15, 0.2) is 24.3 Å². The van der Waals surface area contributed by atoms with Crippen molar-refractivity contribution in [2.45, 2.75) is 70.9 Å². The molecule has 0 radical (unpaired) electrons. The first-order chi connectivity index (χ1) is 9.88. The van der Waals surface area contributed by atoms with Crippen LogP contribution in [-0.2, 0) is 10.2 Å². The zero-order chi connectivity index (χ0) is 15.5. The van der Waals surface area contributed by atoms with Crippen LogP contribution in [0.4, 0.5) is 0 Å². The van der Waals surface area contributed by atoms with Gasteiger partial charge in [-0.05, 0) is 35.3 Å². The van der Waals surface area contributed by atoms with Crippen molar-refractivity contribution >= 4 is 0 Å². The Morgan fingerprint density at radius 2 is 1.76 bits per heavy atom. The molecule has 0 bridgehead atoms. The topological polar surface area (TPSA) is 35.2 Å². The Hall–Kier alpha value is -0.860. The lowest BCUT2D eigenvalue weighted by Gasteiger charge is -2.30. The second-order valence-corrected chi connectivity index (χ2v) is 7.61. The fourth-order valence-electron chi connectivity index (χ4n) is 3.08. The van der Waals surface area contributed by atoms with Gasteiger partial charge in [0.05, 0.1) is 18.8 Å². The third-order valence-corrected chi connectivity index (χ3v) is 4.73. The Bertz CT molecular complexity index is 432. The lowest BCUT2D eigenvalue weighted by Crippen LogP contribution is -2.29. The predicted molar refractivity (Wildman–Crippen MR) is 89.4 cm³/mol. The molecule has 0 spiro atoms. The summed E-state index contributed by atoms with van der Waals surface area (Å²) in [6.45, 7) is 9.62. The molecular formula is C19H31NO. The minimum Gasteiger partial charge on any atom is -0.376 e. The van der Waals surface area contributed by atoms with E-state index in [0.717, 1.165) is 0 Å². The van der Waals surface area contributed by atoms with Crippen molar-refractivity contribution in [2.75, 3.05) is 6.61 Å². The minimum atomic E-state index is -0.0202. The van der Waals surface area contributed by atoms with Gasteiger partial charge in [-0.25, -0.2) is 0 Å². The summed E-state index contributed by atoms with van der Waals surface area (Å²) in [4.78, 5) is 0. The molecule has 21 heavy (non-hydrogen) atoms. The molecule has 1 aliphatic carbocycles. The SMILES string of the molecule is CC1CCCCC1OCC(N)c1ccc(C(C)(C)C)cc1. The molecule has 3 atom stereocenters. The largest absolute Gasteiger partial charge is 0.376 e. The molecule has 1 saturated carbocycles. The summed E-state index contributed by atoms with van der Waals surface area (Å²) in [5, 5.41) is 0. The van der Waals surface area contributed by atoms with Crippen LogP contribution in [0.2, 0.25) is 0 Å². The van der Waals surface area contributed by atoms with Crippen molar-refractivity contribution in [3.63, 3.8) is 0 Å². The molecule has 118 valence electrons. The molecule has 2 rings (SSSR count). The summed E-state index contributed by atoms with van der Waals surface area (Å²) in [6, 6.07) is 8.67. The summed E-state index contributed by atoms with van der Waals surface area (Å²) >= 11 is 0. The highest BCUT2D eigenvalue weighted by atomic mass is 16.5. The fourth-order valence-corrected chi connectivity index (χ4v) is 3.08. The number of hydrogen-bond acceptors (Lipinski definition) is 2. The van der Waals surface area contributed by atoms with E-state index in [1.807, 2.05) is 0 Å². The Balaban J connectivity index is 1.89. The minimum absolute atomic E-state index is 0.0202. The molecule has 0 aliphatic heterocycles. The maximum absolute atomic E-state index is 6.29. The maximum Gasteiger partial charge on any atom is 0.0663 e. The molecule has 1 fully saturated rings. The summed E-state index contributed by atoms with van der Waals surface area (Å²) in [6.07, 6.45) is 5.53. The highest BCUT2D eigenvalue weighted by molar-refractivity contribution is 5.29. The molecule has 1 aliphatic rings. The molecule has 3 unspecified atom stereocenters. The Morgan fingerprint density at radius 1 is 1.14 bits per heavy atom. The Morgan fingerprint density at radius 3 is 2.33 bits per heavy atom. The van der Waals surface area contributed by atoms with Gasteiger partial charge >= 0.3 is 0 Å². The van der Waals surface area contributed by atoms with Crippen molar-refractivity contribution in [3.05, 3.63) is 35.4 Å². The quantitative estimate of drug-likeness (QED) is 0.880. The van der Waals surface area contributed by atoms with Gasteiger partial charge in [0.2, 0.25) is 0 Å². The number of hydrogen-bond donors (Lipinski definition) is 1. The summed E-state index contributed by atoms with van der Waals surface area (Å²) in [5.41, 5.74) is 9.00. The number of rotatable bonds is 4. The van der Waals surface area contributed by atoms with Crippen LogP contribution in [0.1, 0.15) is 70.5 Å². The first-order valence-corrected chi connectivity index (χ1v) is 8.35. The average Bonchev–Trinajstić information content (AvgIpc) is 2.45. The first-order valence-electron chi connectivity index (χ1n) is 8.35. The third kappa shape index (κ3) is 4.55. The first kappa shape index (κ1) is 16.5. The molecule has 2 N–H and O–H groups in total. The van der Waals surface area contributed by atoms with Crippen LogP contribution in [0.5, 0.6) is 0 Å². The van der Waals surface area contributed by atoms with E-state index in [9.17, 15) is 0 Å². The standard InChI is InChI=1S/C19H31NO/c1-14-7-5-6-8-18(14)21-13-17(20)15-9-11-16(12-10-15)19(2,3)4/h9-12,14,17-18H,5-8,13,20H2,1-4H3. The number of benzene rings is 1. The lowest BCUT2D eigenvalue weighted by molar-refractivity contribution is -0.0113. The predicted octanol–water partition coefficient (Wildman–Crippen LogP) is 4.58.